The smallest absolute Gasteiger partial charge is 0.106 e. The van der Waals surface area contributed by atoms with Crippen molar-refractivity contribution >= 4 is 28.9 Å². The van der Waals surface area contributed by atoms with Gasteiger partial charge in [0.05, 0.1) is 28.0 Å². The van der Waals surface area contributed by atoms with Gasteiger partial charge in [0.15, 0.2) is 0 Å². The van der Waals surface area contributed by atoms with Crippen molar-refractivity contribution in [2.75, 3.05) is 7.11 Å². The fourth-order valence-corrected chi connectivity index (χ4v) is 4.18. The van der Waals surface area contributed by atoms with Gasteiger partial charge in [-0.1, -0.05) is 41.3 Å². The Balaban J connectivity index is 1.98. The molecule has 0 radical (unpaired) electrons. The summed E-state index contributed by atoms with van der Waals surface area (Å²) < 4.78 is 6.15. The lowest BCUT2D eigenvalue weighted by Gasteiger charge is -2.37. The summed E-state index contributed by atoms with van der Waals surface area (Å²) in [6, 6.07) is 5.95. The summed E-state index contributed by atoms with van der Waals surface area (Å²) in [7, 11) is 1.60. The Labute approximate surface area is 141 Å². The highest BCUT2D eigenvalue weighted by atomic mass is 35.5. The summed E-state index contributed by atoms with van der Waals surface area (Å²) in [5.41, 5.74) is 2.29. The average molecular weight is 342 g/mol. The number of fused-ring (bicyclic) bond motifs is 2. The molecule has 2 saturated heterocycles. The summed E-state index contributed by atoms with van der Waals surface area (Å²) >= 11 is 12.3. The molecule has 2 bridgehead atoms. The SMILES string of the molecule is CCC(=NOC)[C@@H]1[C@@H]2CCC(C[C@H]1c1ccc(Cl)c(Cl)c1)O2. The number of halogens is 2. The molecule has 22 heavy (non-hydrogen) atoms. The largest absolute Gasteiger partial charge is 0.399 e. The van der Waals surface area contributed by atoms with Gasteiger partial charge in [-0.3, -0.25) is 0 Å². The Morgan fingerprint density at radius 1 is 1.32 bits per heavy atom. The number of benzene rings is 1. The van der Waals surface area contributed by atoms with E-state index in [1.54, 1.807) is 7.11 Å². The van der Waals surface area contributed by atoms with Gasteiger partial charge in [-0.15, -0.1) is 0 Å². The van der Waals surface area contributed by atoms with Crippen molar-refractivity contribution < 1.29 is 9.57 Å². The summed E-state index contributed by atoms with van der Waals surface area (Å²) in [5.74, 6) is 0.607. The molecule has 1 aromatic carbocycles. The van der Waals surface area contributed by atoms with Crippen molar-refractivity contribution in [3.8, 4) is 0 Å². The number of ether oxygens (including phenoxy) is 1. The van der Waals surface area contributed by atoms with Crippen LogP contribution in [0.3, 0.4) is 0 Å². The highest BCUT2D eigenvalue weighted by Crippen LogP contribution is 2.47. The molecule has 3 nitrogen and oxygen atoms in total. The zero-order valence-corrected chi connectivity index (χ0v) is 14.4. The Hall–Kier alpha value is -0.770. The van der Waals surface area contributed by atoms with E-state index in [1.807, 2.05) is 12.1 Å². The molecule has 0 N–H and O–H groups in total. The van der Waals surface area contributed by atoms with Gasteiger partial charge in [0, 0.05) is 5.92 Å². The summed E-state index contributed by atoms with van der Waals surface area (Å²) in [4.78, 5) is 5.07. The third-order valence-electron chi connectivity index (χ3n) is 4.82. The van der Waals surface area contributed by atoms with Gasteiger partial charge in [0.25, 0.3) is 0 Å². The predicted octanol–water partition coefficient (Wildman–Crippen LogP) is 5.06. The Morgan fingerprint density at radius 3 is 2.82 bits per heavy atom. The van der Waals surface area contributed by atoms with Gasteiger partial charge in [-0.05, 0) is 49.3 Å². The molecule has 3 rings (SSSR count). The van der Waals surface area contributed by atoms with Crippen LogP contribution in [0.25, 0.3) is 0 Å². The molecular weight excluding hydrogens is 321 g/mol. The van der Waals surface area contributed by atoms with Crippen LogP contribution in [0, 0.1) is 5.92 Å². The van der Waals surface area contributed by atoms with Crippen molar-refractivity contribution in [3.63, 3.8) is 0 Å². The summed E-state index contributed by atoms with van der Waals surface area (Å²) in [6.07, 6.45) is 4.66. The van der Waals surface area contributed by atoms with Crippen LogP contribution in [0.1, 0.15) is 44.1 Å². The molecular formula is C17H21Cl2NO2. The van der Waals surface area contributed by atoms with Crippen LogP contribution in [-0.2, 0) is 9.57 Å². The second-order valence-electron chi connectivity index (χ2n) is 6.03. The topological polar surface area (TPSA) is 30.8 Å². The first-order valence-corrected chi connectivity index (χ1v) is 8.60. The summed E-state index contributed by atoms with van der Waals surface area (Å²) in [5, 5.41) is 5.48. The van der Waals surface area contributed by atoms with E-state index in [4.69, 9.17) is 32.8 Å². The molecule has 0 amide bonds. The number of hydrogen-bond acceptors (Lipinski definition) is 3. The number of hydrogen-bond donors (Lipinski definition) is 0. The first-order valence-electron chi connectivity index (χ1n) is 7.84. The highest BCUT2D eigenvalue weighted by molar-refractivity contribution is 6.42. The van der Waals surface area contributed by atoms with Gasteiger partial charge in [0.1, 0.15) is 7.11 Å². The molecule has 0 aromatic heterocycles. The van der Waals surface area contributed by atoms with Crippen molar-refractivity contribution in [3.05, 3.63) is 33.8 Å². The number of nitrogens with zero attached hydrogens (tertiary/aromatic N) is 1. The van der Waals surface area contributed by atoms with Crippen LogP contribution in [0.15, 0.2) is 23.4 Å². The van der Waals surface area contributed by atoms with Gasteiger partial charge in [0.2, 0.25) is 0 Å². The standard InChI is InChI=1S/C17H21Cl2NO2/c1-3-15(20-21-2)17-12(9-11-5-7-16(17)22-11)10-4-6-13(18)14(19)8-10/h4,6,8,11-12,16-17H,3,5,7,9H2,1-2H3/t11?,12-,16-,17+/m0/s1. The molecule has 0 saturated carbocycles. The van der Waals surface area contributed by atoms with Crippen LogP contribution in [-0.4, -0.2) is 25.0 Å². The molecule has 0 spiro atoms. The van der Waals surface area contributed by atoms with E-state index >= 15 is 0 Å². The van der Waals surface area contributed by atoms with Crippen LogP contribution in [0.5, 0.6) is 0 Å². The van der Waals surface area contributed by atoms with E-state index in [-0.39, 0.29) is 12.0 Å². The predicted molar refractivity (Wildman–Crippen MR) is 89.9 cm³/mol. The number of oxime groups is 1. The lowest BCUT2D eigenvalue weighted by atomic mass is 9.76. The maximum Gasteiger partial charge on any atom is 0.106 e. The first kappa shape index (κ1) is 16.1. The monoisotopic (exact) mass is 341 g/mol. The Bertz CT molecular complexity index is 576. The van der Waals surface area contributed by atoms with E-state index in [0.717, 1.165) is 31.4 Å². The fourth-order valence-electron chi connectivity index (χ4n) is 3.87. The third-order valence-corrected chi connectivity index (χ3v) is 5.56. The normalized spacial score (nSPS) is 31.4. The van der Waals surface area contributed by atoms with Crippen molar-refractivity contribution in [1.29, 1.82) is 0 Å². The minimum atomic E-state index is 0.229. The number of rotatable bonds is 4. The molecule has 1 unspecified atom stereocenters. The van der Waals surface area contributed by atoms with Gasteiger partial charge in [-0.2, -0.15) is 0 Å². The zero-order chi connectivity index (χ0) is 15.7. The Morgan fingerprint density at radius 2 is 2.14 bits per heavy atom. The van der Waals surface area contributed by atoms with Crippen molar-refractivity contribution in [2.24, 2.45) is 11.1 Å². The molecule has 2 aliphatic heterocycles. The second-order valence-corrected chi connectivity index (χ2v) is 6.85. The van der Waals surface area contributed by atoms with Gasteiger partial charge >= 0.3 is 0 Å². The molecule has 4 atom stereocenters. The van der Waals surface area contributed by atoms with Gasteiger partial charge < -0.3 is 9.57 Å². The van der Waals surface area contributed by atoms with Crippen LogP contribution >= 0.6 is 23.2 Å². The lowest BCUT2D eigenvalue weighted by Crippen LogP contribution is -2.39. The minimum absolute atomic E-state index is 0.229. The minimum Gasteiger partial charge on any atom is -0.399 e. The van der Waals surface area contributed by atoms with E-state index in [9.17, 15) is 0 Å². The Kier molecular flexibility index (Phi) is 4.96. The lowest BCUT2D eigenvalue weighted by molar-refractivity contribution is -0.0249. The van der Waals surface area contributed by atoms with Crippen LogP contribution in [0.2, 0.25) is 10.0 Å². The third kappa shape index (κ3) is 2.99. The molecule has 2 heterocycles. The maximum absolute atomic E-state index is 6.23. The van der Waals surface area contributed by atoms with E-state index in [2.05, 4.69) is 18.1 Å². The van der Waals surface area contributed by atoms with E-state index in [0.29, 0.717) is 22.1 Å². The molecule has 5 heteroatoms. The van der Waals surface area contributed by atoms with E-state index in [1.165, 1.54) is 5.56 Å². The molecule has 2 fully saturated rings. The zero-order valence-electron chi connectivity index (χ0n) is 12.9. The van der Waals surface area contributed by atoms with Crippen molar-refractivity contribution in [2.45, 2.75) is 50.7 Å². The average Bonchev–Trinajstić information content (AvgIpc) is 2.90. The fraction of sp³-hybridized carbons (Fsp3) is 0.588. The molecule has 2 aliphatic rings. The summed E-state index contributed by atoms with van der Waals surface area (Å²) in [6.45, 7) is 2.12. The van der Waals surface area contributed by atoms with Crippen molar-refractivity contribution in [1.82, 2.24) is 0 Å². The second kappa shape index (κ2) is 6.77. The highest BCUT2D eigenvalue weighted by Gasteiger charge is 2.45. The van der Waals surface area contributed by atoms with Gasteiger partial charge in [-0.25, -0.2) is 0 Å². The molecule has 120 valence electrons. The quantitative estimate of drug-likeness (QED) is 0.566. The molecule has 0 aliphatic carbocycles. The van der Waals surface area contributed by atoms with E-state index < -0.39 is 0 Å². The van der Waals surface area contributed by atoms with Crippen LogP contribution < -0.4 is 0 Å². The first-order chi connectivity index (χ1) is 10.6. The molecule has 1 aromatic rings. The van der Waals surface area contributed by atoms with Crippen LogP contribution in [0.4, 0.5) is 0 Å². The maximum atomic E-state index is 6.23.